The molecule has 25 heavy (non-hydrogen) atoms. The van der Waals surface area contributed by atoms with Crippen molar-refractivity contribution in [1.82, 2.24) is 9.97 Å². The summed E-state index contributed by atoms with van der Waals surface area (Å²) in [6, 6.07) is 16.2. The van der Waals surface area contributed by atoms with E-state index in [-0.39, 0.29) is 12.1 Å². The van der Waals surface area contributed by atoms with Gasteiger partial charge in [-0.25, -0.2) is 4.98 Å². The van der Waals surface area contributed by atoms with Crippen molar-refractivity contribution in [1.29, 1.82) is 0 Å². The summed E-state index contributed by atoms with van der Waals surface area (Å²) in [6.45, 7) is 0. The second-order valence-electron chi connectivity index (χ2n) is 6.13. The number of hydrogen-bond donors (Lipinski definition) is 2. The minimum Gasteiger partial charge on any atom is -0.453 e. The van der Waals surface area contributed by atoms with Gasteiger partial charge in [0.25, 0.3) is 6.02 Å². The molecule has 1 unspecified atom stereocenters. The van der Waals surface area contributed by atoms with Crippen LogP contribution in [0.3, 0.4) is 0 Å². The number of aromatic nitrogens is 2. The van der Waals surface area contributed by atoms with E-state index in [0.717, 1.165) is 22.3 Å². The third-order valence-electron chi connectivity index (χ3n) is 4.16. The van der Waals surface area contributed by atoms with Gasteiger partial charge in [-0.3, -0.25) is 0 Å². The fourth-order valence-electron chi connectivity index (χ4n) is 2.82. The number of aliphatic imine (C=N–C) groups is 1. The Kier molecular flexibility index (Phi) is 3.65. The fraction of sp³-hybridized carbons (Fsp3) is 0.158. The van der Waals surface area contributed by atoms with Crippen LogP contribution in [0.4, 0.5) is 5.69 Å². The van der Waals surface area contributed by atoms with Crippen LogP contribution in [0.25, 0.3) is 16.7 Å². The zero-order chi connectivity index (χ0) is 17.4. The Labute approximate surface area is 145 Å². The quantitative estimate of drug-likeness (QED) is 0.772. The molecule has 1 atom stereocenters. The van der Waals surface area contributed by atoms with Crippen LogP contribution < -0.4 is 10.6 Å². The van der Waals surface area contributed by atoms with Gasteiger partial charge in [-0.15, -0.1) is 0 Å². The van der Waals surface area contributed by atoms with Gasteiger partial charge in [0.05, 0.1) is 11.0 Å². The molecule has 0 radical (unpaired) electrons. The Morgan fingerprint density at radius 1 is 1.08 bits per heavy atom. The van der Waals surface area contributed by atoms with Gasteiger partial charge in [0.1, 0.15) is 11.8 Å². The molecule has 126 valence electrons. The summed E-state index contributed by atoms with van der Waals surface area (Å²) < 4.78 is 5.69. The van der Waals surface area contributed by atoms with E-state index in [2.05, 4.69) is 32.0 Å². The highest BCUT2D eigenvalue weighted by Crippen LogP contribution is 2.29. The van der Waals surface area contributed by atoms with E-state index in [1.165, 1.54) is 0 Å². The third-order valence-corrected chi connectivity index (χ3v) is 4.16. The number of nitrogens with zero attached hydrogens (tertiary/aromatic N) is 3. The summed E-state index contributed by atoms with van der Waals surface area (Å²) >= 11 is 0. The van der Waals surface area contributed by atoms with Gasteiger partial charge in [-0.05, 0) is 35.9 Å². The van der Waals surface area contributed by atoms with Crippen molar-refractivity contribution in [2.75, 3.05) is 19.0 Å². The first-order valence-electron chi connectivity index (χ1n) is 8.05. The lowest BCUT2D eigenvalue weighted by Gasteiger charge is -2.21. The summed E-state index contributed by atoms with van der Waals surface area (Å²) in [5, 5.41) is 0. The van der Waals surface area contributed by atoms with Crippen LogP contribution in [0, 0.1) is 0 Å². The predicted molar refractivity (Wildman–Crippen MR) is 100 cm³/mol. The number of para-hydroxylation sites is 2. The van der Waals surface area contributed by atoms with E-state index in [1.54, 1.807) is 0 Å². The number of nitrogens with one attached hydrogen (secondary N) is 1. The molecule has 0 saturated carbocycles. The molecule has 0 saturated heterocycles. The first kappa shape index (κ1) is 15.3. The normalized spacial score (nSPS) is 17.0. The van der Waals surface area contributed by atoms with Crippen LogP contribution in [-0.2, 0) is 4.74 Å². The summed E-state index contributed by atoms with van der Waals surface area (Å²) in [5.74, 6) is 0.683. The molecule has 1 aromatic heterocycles. The Morgan fingerprint density at radius 3 is 2.56 bits per heavy atom. The highest BCUT2D eigenvalue weighted by molar-refractivity contribution is 5.85. The van der Waals surface area contributed by atoms with Crippen LogP contribution in [-0.4, -0.2) is 30.1 Å². The zero-order valence-corrected chi connectivity index (χ0v) is 14.1. The Hall–Kier alpha value is -3.28. The molecule has 0 spiro atoms. The number of amidine groups is 1. The molecule has 1 aliphatic rings. The van der Waals surface area contributed by atoms with Crippen LogP contribution in [0.1, 0.15) is 17.5 Å². The van der Waals surface area contributed by atoms with Crippen molar-refractivity contribution >= 4 is 28.4 Å². The van der Waals surface area contributed by atoms with Gasteiger partial charge in [0, 0.05) is 19.8 Å². The average molecular weight is 333 g/mol. The van der Waals surface area contributed by atoms with Crippen LogP contribution in [0.2, 0.25) is 0 Å². The lowest BCUT2D eigenvalue weighted by Crippen LogP contribution is -2.22. The topological polar surface area (TPSA) is 79.5 Å². The van der Waals surface area contributed by atoms with E-state index in [9.17, 15) is 0 Å². The lowest BCUT2D eigenvalue weighted by molar-refractivity contribution is 0.233. The van der Waals surface area contributed by atoms with Crippen molar-refractivity contribution in [3.63, 3.8) is 0 Å². The number of fused-ring (bicyclic) bond motifs is 1. The van der Waals surface area contributed by atoms with Crippen molar-refractivity contribution < 1.29 is 4.74 Å². The Balaban J connectivity index is 1.69. The highest BCUT2D eigenvalue weighted by atomic mass is 16.5. The number of H-pyrrole nitrogens is 1. The second kappa shape index (κ2) is 5.98. The zero-order valence-electron chi connectivity index (χ0n) is 14.1. The summed E-state index contributed by atoms with van der Waals surface area (Å²) in [4.78, 5) is 14.2. The summed E-state index contributed by atoms with van der Waals surface area (Å²) in [6.07, 6.45) is 1.63. The average Bonchev–Trinajstić information content (AvgIpc) is 3.05. The molecule has 3 N–H and O–H groups in total. The van der Waals surface area contributed by atoms with Gasteiger partial charge in [0.2, 0.25) is 0 Å². The number of nitrogens with two attached hydrogens (primary N) is 1. The van der Waals surface area contributed by atoms with E-state index in [4.69, 9.17) is 10.5 Å². The van der Waals surface area contributed by atoms with Gasteiger partial charge < -0.3 is 20.4 Å². The fourth-order valence-corrected chi connectivity index (χ4v) is 2.82. The van der Waals surface area contributed by atoms with Gasteiger partial charge in [0.15, 0.2) is 5.82 Å². The molecule has 1 aliphatic heterocycles. The number of aromatic amines is 1. The van der Waals surface area contributed by atoms with E-state index >= 15 is 0 Å². The van der Waals surface area contributed by atoms with Crippen molar-refractivity contribution in [3.8, 4) is 0 Å². The first-order valence-corrected chi connectivity index (χ1v) is 8.05. The largest absolute Gasteiger partial charge is 0.453 e. The van der Waals surface area contributed by atoms with Crippen LogP contribution >= 0.6 is 0 Å². The van der Waals surface area contributed by atoms with Gasteiger partial charge >= 0.3 is 0 Å². The second-order valence-corrected chi connectivity index (χ2v) is 6.13. The van der Waals surface area contributed by atoms with E-state index in [1.807, 2.05) is 56.6 Å². The van der Waals surface area contributed by atoms with Crippen LogP contribution in [0.15, 0.2) is 59.6 Å². The lowest BCUT2D eigenvalue weighted by atomic mass is 10.1. The molecular formula is C19H19N5O. The molecule has 2 heterocycles. The number of ether oxygens (including phenoxy) is 1. The summed E-state index contributed by atoms with van der Waals surface area (Å²) in [7, 11) is 4.02. The number of imidazole rings is 1. The van der Waals surface area contributed by atoms with Gasteiger partial charge in [-0.1, -0.05) is 24.3 Å². The maximum absolute atomic E-state index is 5.90. The molecule has 2 aromatic carbocycles. The molecule has 3 aromatic rings. The molecule has 6 heteroatoms. The first-order chi connectivity index (χ1) is 12.1. The molecular weight excluding hydrogens is 314 g/mol. The van der Waals surface area contributed by atoms with Crippen molar-refractivity contribution in [3.05, 3.63) is 66.0 Å². The summed E-state index contributed by atoms with van der Waals surface area (Å²) in [5.41, 5.74) is 10.6. The van der Waals surface area contributed by atoms with Crippen molar-refractivity contribution in [2.45, 2.75) is 6.10 Å². The highest BCUT2D eigenvalue weighted by Gasteiger charge is 2.20. The maximum Gasteiger partial charge on any atom is 0.288 e. The molecule has 4 rings (SSSR count). The minimum absolute atomic E-state index is 0.139. The van der Waals surface area contributed by atoms with Crippen molar-refractivity contribution in [2.24, 2.45) is 10.7 Å². The molecule has 0 amide bonds. The van der Waals surface area contributed by atoms with E-state index in [0.29, 0.717) is 11.5 Å². The smallest absolute Gasteiger partial charge is 0.288 e. The minimum atomic E-state index is -0.295. The molecule has 0 fully saturated rings. The number of benzene rings is 2. The number of hydrogen-bond acceptors (Lipinski definition) is 5. The number of rotatable bonds is 3. The molecule has 0 aliphatic carbocycles. The van der Waals surface area contributed by atoms with Gasteiger partial charge in [-0.2, -0.15) is 4.99 Å². The Bertz CT molecular complexity index is 936. The standard InChI is InChI=1S/C19H19N5O/c1-24(2)13-9-7-12(8-10-13)17-11-16(23-19(20)25-17)18-21-14-5-3-4-6-15(14)22-18/h3-11,17H,1-2H3,(H2,20,23)(H,21,22). The predicted octanol–water partition coefficient (Wildman–Crippen LogP) is 3.06. The number of anilines is 1. The molecule has 6 nitrogen and oxygen atoms in total. The Morgan fingerprint density at radius 2 is 1.84 bits per heavy atom. The SMILES string of the molecule is CN(C)c1ccc(C2C=C(c3nc4ccccc4[nH]3)N=C(N)O2)cc1. The molecule has 0 bridgehead atoms. The monoisotopic (exact) mass is 333 g/mol. The maximum atomic E-state index is 5.90. The van der Waals surface area contributed by atoms with E-state index < -0.39 is 0 Å². The van der Waals surface area contributed by atoms with Crippen LogP contribution in [0.5, 0.6) is 0 Å². The third kappa shape index (κ3) is 2.94.